The maximum atomic E-state index is 11.5. The Morgan fingerprint density at radius 1 is 0.714 bits per heavy atom. The van der Waals surface area contributed by atoms with Gasteiger partial charge in [-0.15, -0.1) is 0 Å². The van der Waals surface area contributed by atoms with Crippen LogP contribution in [0.4, 0.5) is 0 Å². The third-order valence-corrected chi connectivity index (χ3v) is 4.27. The second-order valence-electron chi connectivity index (χ2n) is 7.45. The van der Waals surface area contributed by atoms with Crippen molar-refractivity contribution in [2.45, 2.75) is 74.1 Å². The molecule has 0 bridgehead atoms. The van der Waals surface area contributed by atoms with E-state index in [-0.39, 0.29) is 43.4 Å². The Bertz CT molecular complexity index is 508. The standard InChI is InChI=1S/C12H20O6.C8H16O2/c1-4-12(2,3)11(16)18-8-7-17-10(15)6-5-9(13)14;1-5-8(3,4)7(9)10-6-2/h4-8H2,1-3H3,(H,13,14);5-6H2,1-4H3. The molecule has 0 heterocycles. The van der Waals surface area contributed by atoms with Gasteiger partial charge in [0.15, 0.2) is 0 Å². The van der Waals surface area contributed by atoms with Crippen LogP contribution in [0.5, 0.6) is 0 Å². The van der Waals surface area contributed by atoms with Crippen LogP contribution in [-0.4, -0.2) is 48.8 Å². The van der Waals surface area contributed by atoms with E-state index >= 15 is 0 Å². The van der Waals surface area contributed by atoms with Gasteiger partial charge in [0.2, 0.25) is 0 Å². The summed E-state index contributed by atoms with van der Waals surface area (Å²) in [6, 6.07) is 0. The molecule has 164 valence electrons. The second kappa shape index (κ2) is 14.0. The topological polar surface area (TPSA) is 116 Å². The molecule has 0 saturated heterocycles. The molecule has 1 N–H and O–H groups in total. The summed E-state index contributed by atoms with van der Waals surface area (Å²) in [7, 11) is 0. The van der Waals surface area contributed by atoms with Crippen molar-refractivity contribution in [3.8, 4) is 0 Å². The van der Waals surface area contributed by atoms with Crippen molar-refractivity contribution >= 4 is 23.9 Å². The van der Waals surface area contributed by atoms with E-state index in [1.807, 2.05) is 34.6 Å². The monoisotopic (exact) mass is 404 g/mol. The van der Waals surface area contributed by atoms with Crippen molar-refractivity contribution in [3.05, 3.63) is 0 Å². The number of carboxylic acids is 1. The Kier molecular flexibility index (Phi) is 14.0. The predicted octanol–water partition coefficient (Wildman–Crippen LogP) is 3.36. The second-order valence-corrected chi connectivity index (χ2v) is 7.45. The number of carbonyl (C=O) groups excluding carboxylic acids is 3. The number of ether oxygens (including phenoxy) is 3. The molecular formula is C20H36O8. The van der Waals surface area contributed by atoms with E-state index in [0.717, 1.165) is 6.42 Å². The summed E-state index contributed by atoms with van der Waals surface area (Å²) >= 11 is 0. The highest BCUT2D eigenvalue weighted by Gasteiger charge is 2.27. The van der Waals surface area contributed by atoms with E-state index < -0.39 is 17.4 Å². The molecule has 0 radical (unpaired) electrons. The molecule has 0 amide bonds. The zero-order chi connectivity index (χ0) is 22.4. The summed E-state index contributed by atoms with van der Waals surface area (Å²) in [5.41, 5.74) is -0.858. The normalized spacial score (nSPS) is 11.0. The molecule has 8 heteroatoms. The van der Waals surface area contributed by atoms with Gasteiger partial charge in [-0.2, -0.15) is 0 Å². The lowest BCUT2D eigenvalue weighted by Gasteiger charge is -2.20. The van der Waals surface area contributed by atoms with Gasteiger partial charge in [0.25, 0.3) is 0 Å². The summed E-state index contributed by atoms with van der Waals surface area (Å²) in [5, 5.41) is 8.35. The minimum Gasteiger partial charge on any atom is -0.481 e. The van der Waals surface area contributed by atoms with Crippen molar-refractivity contribution in [2.75, 3.05) is 19.8 Å². The van der Waals surface area contributed by atoms with Gasteiger partial charge in [-0.3, -0.25) is 19.2 Å². The molecule has 0 aromatic carbocycles. The molecule has 0 spiro atoms. The first-order valence-corrected chi connectivity index (χ1v) is 9.55. The number of esters is 3. The lowest BCUT2D eigenvalue weighted by atomic mass is 9.91. The van der Waals surface area contributed by atoms with Gasteiger partial charge < -0.3 is 19.3 Å². The molecule has 0 aromatic rings. The Balaban J connectivity index is 0. The van der Waals surface area contributed by atoms with Crippen LogP contribution >= 0.6 is 0 Å². The predicted molar refractivity (Wildman–Crippen MR) is 104 cm³/mol. The van der Waals surface area contributed by atoms with E-state index in [2.05, 4.69) is 0 Å². The number of carboxylic acid groups (broad SMARTS) is 1. The first-order valence-electron chi connectivity index (χ1n) is 9.55. The Labute approximate surface area is 167 Å². The van der Waals surface area contributed by atoms with Gasteiger partial charge >= 0.3 is 23.9 Å². The maximum absolute atomic E-state index is 11.5. The SMILES string of the molecule is CCC(C)(C)C(=O)OCCOC(=O)CCC(=O)O.CCOC(=O)C(C)(C)CC. The van der Waals surface area contributed by atoms with Gasteiger partial charge in [0.1, 0.15) is 13.2 Å². The van der Waals surface area contributed by atoms with Crippen molar-refractivity contribution in [1.29, 1.82) is 0 Å². The lowest BCUT2D eigenvalue weighted by molar-refractivity contribution is -0.159. The van der Waals surface area contributed by atoms with Crippen molar-refractivity contribution in [2.24, 2.45) is 10.8 Å². The highest BCUT2D eigenvalue weighted by Crippen LogP contribution is 2.21. The quantitative estimate of drug-likeness (QED) is 0.316. The Morgan fingerprint density at radius 3 is 1.54 bits per heavy atom. The third kappa shape index (κ3) is 13.1. The Morgan fingerprint density at radius 2 is 1.14 bits per heavy atom. The van der Waals surface area contributed by atoms with Crippen LogP contribution in [0.3, 0.4) is 0 Å². The minimum atomic E-state index is -1.05. The zero-order valence-corrected chi connectivity index (χ0v) is 18.3. The van der Waals surface area contributed by atoms with Gasteiger partial charge in [0.05, 0.1) is 30.3 Å². The summed E-state index contributed by atoms with van der Waals surface area (Å²) in [6.45, 7) is 13.4. The number of carbonyl (C=O) groups is 4. The number of rotatable bonds is 11. The average Bonchev–Trinajstić information content (AvgIpc) is 2.63. The van der Waals surface area contributed by atoms with Gasteiger partial charge in [-0.1, -0.05) is 13.8 Å². The van der Waals surface area contributed by atoms with Gasteiger partial charge in [-0.25, -0.2) is 0 Å². The molecule has 0 aromatic heterocycles. The molecule has 0 atom stereocenters. The van der Waals surface area contributed by atoms with Crippen molar-refractivity contribution in [1.82, 2.24) is 0 Å². The molecule has 0 fully saturated rings. The van der Waals surface area contributed by atoms with Crippen LogP contribution in [-0.2, 0) is 33.4 Å². The number of hydrogen-bond acceptors (Lipinski definition) is 7. The number of hydrogen-bond donors (Lipinski definition) is 1. The molecule has 0 unspecified atom stereocenters. The largest absolute Gasteiger partial charge is 0.481 e. The van der Waals surface area contributed by atoms with E-state index in [1.165, 1.54) is 0 Å². The highest BCUT2D eigenvalue weighted by atomic mass is 16.6. The fourth-order valence-corrected chi connectivity index (χ4v) is 1.38. The van der Waals surface area contributed by atoms with Crippen LogP contribution in [0.15, 0.2) is 0 Å². The smallest absolute Gasteiger partial charge is 0.311 e. The fraction of sp³-hybridized carbons (Fsp3) is 0.800. The molecule has 8 nitrogen and oxygen atoms in total. The van der Waals surface area contributed by atoms with Crippen LogP contribution in [0, 0.1) is 10.8 Å². The van der Waals surface area contributed by atoms with Crippen LogP contribution < -0.4 is 0 Å². The number of aliphatic carboxylic acids is 1. The van der Waals surface area contributed by atoms with Crippen LogP contribution in [0.1, 0.15) is 74.1 Å². The first kappa shape index (κ1) is 28.1. The molecule has 28 heavy (non-hydrogen) atoms. The van der Waals surface area contributed by atoms with E-state index in [1.54, 1.807) is 13.8 Å². The molecule has 0 aliphatic heterocycles. The first-order chi connectivity index (χ1) is 12.8. The molecule has 0 saturated carbocycles. The fourth-order valence-electron chi connectivity index (χ4n) is 1.38. The average molecular weight is 405 g/mol. The van der Waals surface area contributed by atoms with Crippen LogP contribution in [0.25, 0.3) is 0 Å². The lowest BCUT2D eigenvalue weighted by Crippen LogP contribution is -2.27. The van der Waals surface area contributed by atoms with E-state index in [0.29, 0.717) is 13.0 Å². The zero-order valence-electron chi connectivity index (χ0n) is 18.3. The van der Waals surface area contributed by atoms with E-state index in [4.69, 9.17) is 19.3 Å². The van der Waals surface area contributed by atoms with Gasteiger partial charge in [0, 0.05) is 0 Å². The molecule has 0 aliphatic rings. The van der Waals surface area contributed by atoms with Crippen molar-refractivity contribution in [3.63, 3.8) is 0 Å². The summed E-state index contributed by atoms with van der Waals surface area (Å²) < 4.78 is 14.5. The molecular weight excluding hydrogens is 368 g/mol. The minimum absolute atomic E-state index is 0.0128. The van der Waals surface area contributed by atoms with Gasteiger partial charge in [-0.05, 0) is 47.5 Å². The molecule has 0 rings (SSSR count). The third-order valence-electron chi connectivity index (χ3n) is 4.27. The van der Waals surface area contributed by atoms with Crippen molar-refractivity contribution < 1.29 is 38.5 Å². The summed E-state index contributed by atoms with van der Waals surface area (Å²) in [6.07, 6.45) is 1.04. The van der Waals surface area contributed by atoms with E-state index in [9.17, 15) is 19.2 Å². The Hall–Kier alpha value is -2.12. The molecule has 0 aliphatic carbocycles. The maximum Gasteiger partial charge on any atom is 0.311 e. The summed E-state index contributed by atoms with van der Waals surface area (Å²) in [4.78, 5) is 43.8. The summed E-state index contributed by atoms with van der Waals surface area (Å²) in [5.74, 6) is -2.10. The van der Waals surface area contributed by atoms with Crippen LogP contribution in [0.2, 0.25) is 0 Å². The highest BCUT2D eigenvalue weighted by molar-refractivity contribution is 5.77.